The van der Waals surface area contributed by atoms with Gasteiger partial charge in [0, 0.05) is 22.6 Å². The van der Waals surface area contributed by atoms with E-state index in [0.717, 1.165) is 17.9 Å². The Labute approximate surface area is 251 Å². The van der Waals surface area contributed by atoms with Crippen molar-refractivity contribution in [1.82, 2.24) is 0 Å². The summed E-state index contributed by atoms with van der Waals surface area (Å²) in [6.45, 7) is 4.50. The van der Waals surface area contributed by atoms with E-state index in [0.29, 0.717) is 0 Å². The van der Waals surface area contributed by atoms with Crippen LogP contribution in [0.3, 0.4) is 0 Å². The summed E-state index contributed by atoms with van der Waals surface area (Å²) in [7, 11) is -1.61. The van der Waals surface area contributed by atoms with Crippen LogP contribution < -0.4 is 36.6 Å². The molecule has 0 atom stereocenters. The molecule has 0 saturated carbocycles. The van der Waals surface area contributed by atoms with Crippen LogP contribution in [0.5, 0.6) is 11.5 Å². The predicted molar refractivity (Wildman–Crippen MR) is 183 cm³/mol. The van der Waals surface area contributed by atoms with Crippen LogP contribution in [-0.4, -0.2) is 0 Å². The van der Waals surface area contributed by atoms with E-state index in [1.165, 1.54) is 54.1 Å². The molecule has 3 heteroatoms. The fourth-order valence-electron chi connectivity index (χ4n) is 5.89. The standard InChI is InChI=1S/C39H32OP2/c1-28-26-37(42(33-21-11-5-12-22-33)34-23-13-6-14-24-34)39-35(29(28)2)27-30-16-15-25-36(38(30)40-39)41(31-17-7-3-8-18-31)32-19-9-4-10-20-32/h3-26H,27H2,1-2H3. The number of hydrogen-bond donors (Lipinski definition) is 0. The zero-order valence-corrected chi connectivity index (χ0v) is 25.7. The number of para-hydroxylation sites is 1. The van der Waals surface area contributed by atoms with Crippen LogP contribution in [0.4, 0.5) is 0 Å². The van der Waals surface area contributed by atoms with Crippen molar-refractivity contribution in [2.75, 3.05) is 0 Å². The Hall–Kier alpha value is -4.02. The van der Waals surface area contributed by atoms with Gasteiger partial charge in [-0.05, 0) is 73.7 Å². The highest BCUT2D eigenvalue weighted by Gasteiger charge is 2.31. The van der Waals surface area contributed by atoms with Crippen LogP contribution in [0, 0.1) is 13.8 Å². The van der Waals surface area contributed by atoms with Crippen LogP contribution >= 0.6 is 15.8 Å². The first-order chi connectivity index (χ1) is 20.7. The lowest BCUT2D eigenvalue weighted by molar-refractivity contribution is 0.467. The minimum absolute atomic E-state index is 0.796. The highest BCUT2D eigenvalue weighted by atomic mass is 31.1. The molecule has 1 aliphatic rings. The largest absolute Gasteiger partial charge is 0.455 e. The molecular formula is C39H32OP2. The van der Waals surface area contributed by atoms with Crippen LogP contribution in [-0.2, 0) is 6.42 Å². The molecule has 6 aromatic carbocycles. The fraction of sp³-hybridized carbons (Fsp3) is 0.0769. The minimum atomic E-state index is -0.811. The van der Waals surface area contributed by atoms with E-state index in [9.17, 15) is 0 Å². The number of fused-ring (bicyclic) bond motifs is 2. The van der Waals surface area contributed by atoms with Crippen molar-refractivity contribution in [1.29, 1.82) is 0 Å². The van der Waals surface area contributed by atoms with Crippen molar-refractivity contribution in [3.63, 3.8) is 0 Å². The highest BCUT2D eigenvalue weighted by Crippen LogP contribution is 2.47. The molecule has 0 unspecified atom stereocenters. The van der Waals surface area contributed by atoms with Crippen molar-refractivity contribution < 1.29 is 4.74 Å². The van der Waals surface area contributed by atoms with E-state index >= 15 is 0 Å². The summed E-state index contributed by atoms with van der Waals surface area (Å²) in [5, 5.41) is 7.91. The lowest BCUT2D eigenvalue weighted by Gasteiger charge is -2.32. The summed E-state index contributed by atoms with van der Waals surface area (Å²) in [6, 6.07) is 52.9. The zero-order valence-electron chi connectivity index (χ0n) is 23.9. The summed E-state index contributed by atoms with van der Waals surface area (Å²) in [6.07, 6.45) is 0.874. The smallest absolute Gasteiger partial charge is 0.139 e. The average molecular weight is 579 g/mol. The maximum absolute atomic E-state index is 7.26. The molecule has 1 heterocycles. The summed E-state index contributed by atoms with van der Waals surface area (Å²) >= 11 is 0. The first-order valence-electron chi connectivity index (χ1n) is 14.4. The molecule has 0 aliphatic carbocycles. The number of ether oxygens (including phenoxy) is 1. The molecule has 0 radical (unpaired) electrons. The molecular weight excluding hydrogens is 546 g/mol. The van der Waals surface area contributed by atoms with Crippen molar-refractivity contribution >= 4 is 47.7 Å². The van der Waals surface area contributed by atoms with Gasteiger partial charge in [0.1, 0.15) is 11.5 Å². The first-order valence-corrected chi connectivity index (χ1v) is 17.1. The van der Waals surface area contributed by atoms with Gasteiger partial charge in [0.05, 0.1) is 0 Å². The van der Waals surface area contributed by atoms with Gasteiger partial charge in [0.15, 0.2) is 0 Å². The number of benzene rings is 6. The molecule has 0 bridgehead atoms. The average Bonchev–Trinajstić information content (AvgIpc) is 3.05. The predicted octanol–water partition coefficient (Wildman–Crippen LogP) is 7.52. The third kappa shape index (κ3) is 4.98. The molecule has 0 amide bonds. The lowest BCUT2D eigenvalue weighted by Crippen LogP contribution is -2.27. The molecule has 1 aliphatic heterocycles. The van der Waals surface area contributed by atoms with E-state index in [-0.39, 0.29) is 0 Å². The quantitative estimate of drug-likeness (QED) is 0.186. The van der Waals surface area contributed by atoms with E-state index in [4.69, 9.17) is 4.74 Å². The van der Waals surface area contributed by atoms with Crippen LogP contribution in [0.15, 0.2) is 146 Å². The van der Waals surface area contributed by atoms with Gasteiger partial charge in [-0.2, -0.15) is 0 Å². The lowest BCUT2D eigenvalue weighted by atomic mass is 9.94. The third-order valence-corrected chi connectivity index (χ3v) is 13.0. The maximum atomic E-state index is 7.26. The molecule has 1 nitrogen and oxygen atoms in total. The first kappa shape index (κ1) is 26.9. The topological polar surface area (TPSA) is 9.23 Å². The molecule has 7 rings (SSSR count). The molecule has 0 aromatic heterocycles. The van der Waals surface area contributed by atoms with E-state index in [1.807, 2.05) is 0 Å². The Morgan fingerprint density at radius 1 is 0.476 bits per heavy atom. The second-order valence-corrected chi connectivity index (χ2v) is 15.1. The number of hydrogen-bond acceptors (Lipinski definition) is 1. The maximum Gasteiger partial charge on any atom is 0.139 e. The molecule has 0 spiro atoms. The second-order valence-electron chi connectivity index (χ2n) is 10.7. The van der Waals surface area contributed by atoms with Crippen molar-refractivity contribution in [3.05, 3.63) is 168 Å². The molecule has 0 saturated heterocycles. The molecule has 204 valence electrons. The number of aryl methyl sites for hydroxylation is 1. The Morgan fingerprint density at radius 2 is 0.929 bits per heavy atom. The van der Waals surface area contributed by atoms with Gasteiger partial charge in [0.25, 0.3) is 0 Å². The Bertz CT molecular complexity index is 1760. The zero-order chi connectivity index (χ0) is 28.5. The van der Waals surface area contributed by atoms with E-state index in [1.54, 1.807) is 0 Å². The monoisotopic (exact) mass is 578 g/mol. The molecule has 42 heavy (non-hydrogen) atoms. The summed E-state index contributed by atoms with van der Waals surface area (Å²) in [4.78, 5) is 0. The van der Waals surface area contributed by atoms with Crippen molar-refractivity contribution in [2.45, 2.75) is 20.3 Å². The van der Waals surface area contributed by atoms with Crippen LogP contribution in [0.25, 0.3) is 0 Å². The van der Waals surface area contributed by atoms with Gasteiger partial charge < -0.3 is 4.74 Å². The Kier molecular flexibility index (Phi) is 7.48. The SMILES string of the molecule is Cc1cc(P(c2ccccc2)c2ccccc2)c2c(c1C)Cc1cccc(P(c3ccccc3)c3ccccc3)c1O2. The summed E-state index contributed by atoms with van der Waals surface area (Å²) in [5.74, 6) is 2.08. The summed E-state index contributed by atoms with van der Waals surface area (Å²) in [5.41, 5.74) is 5.23. The number of rotatable bonds is 6. The van der Waals surface area contributed by atoms with Gasteiger partial charge in [-0.3, -0.25) is 0 Å². The van der Waals surface area contributed by atoms with Gasteiger partial charge in [-0.25, -0.2) is 0 Å². The van der Waals surface area contributed by atoms with Gasteiger partial charge in [-0.15, -0.1) is 0 Å². The molecule has 6 aromatic rings. The second kappa shape index (κ2) is 11.7. The van der Waals surface area contributed by atoms with E-state index in [2.05, 4.69) is 159 Å². The van der Waals surface area contributed by atoms with Crippen molar-refractivity contribution in [3.8, 4) is 11.5 Å². The Balaban J connectivity index is 1.43. The van der Waals surface area contributed by atoms with Gasteiger partial charge >= 0.3 is 0 Å². The third-order valence-electron chi connectivity index (χ3n) is 8.09. The van der Waals surface area contributed by atoms with Crippen LogP contribution in [0.1, 0.15) is 22.3 Å². The minimum Gasteiger partial charge on any atom is -0.455 e. The Morgan fingerprint density at radius 3 is 1.40 bits per heavy atom. The molecule has 0 N–H and O–H groups in total. The molecule has 0 fully saturated rings. The van der Waals surface area contributed by atoms with Crippen LogP contribution in [0.2, 0.25) is 0 Å². The normalized spacial score (nSPS) is 12.1. The highest BCUT2D eigenvalue weighted by molar-refractivity contribution is 7.80. The van der Waals surface area contributed by atoms with E-state index < -0.39 is 15.8 Å². The van der Waals surface area contributed by atoms with Gasteiger partial charge in [-0.1, -0.05) is 140 Å². The van der Waals surface area contributed by atoms with Gasteiger partial charge in [0.2, 0.25) is 0 Å². The van der Waals surface area contributed by atoms with Crippen molar-refractivity contribution in [2.24, 2.45) is 0 Å². The summed E-state index contributed by atoms with van der Waals surface area (Å²) < 4.78 is 7.26. The fourth-order valence-corrected chi connectivity index (χ4v) is 10.8.